The van der Waals surface area contributed by atoms with Gasteiger partial charge in [-0.1, -0.05) is 66.7 Å². The first kappa shape index (κ1) is 17.3. The summed E-state index contributed by atoms with van der Waals surface area (Å²) in [5, 5.41) is 10.7. The maximum absolute atomic E-state index is 12.1. The topological polar surface area (TPSA) is 38.3 Å². The van der Waals surface area contributed by atoms with Gasteiger partial charge in [0.15, 0.2) is 0 Å². The summed E-state index contributed by atoms with van der Waals surface area (Å²) in [6.07, 6.45) is 0. The van der Waals surface area contributed by atoms with Crippen LogP contribution >= 0.6 is 0 Å². The van der Waals surface area contributed by atoms with Gasteiger partial charge in [0.05, 0.1) is 18.4 Å². The van der Waals surface area contributed by atoms with Crippen molar-refractivity contribution in [2.75, 3.05) is 12.4 Å². The molecule has 0 unspecified atom stereocenters. The molecule has 0 saturated carbocycles. The standard InChI is InChI=1S/C26H19NO2/c1-29-26(28)23-12-6-7-13-25(23)27-17-14-15-22-20-10-3-2-8-18(20)19-9-4-5-11-21(19)24(22)16-17/h2-16,27H,1H3. The van der Waals surface area contributed by atoms with E-state index in [2.05, 4.69) is 72.0 Å². The Morgan fingerprint density at radius 3 is 1.79 bits per heavy atom. The first-order valence-corrected chi connectivity index (χ1v) is 9.54. The van der Waals surface area contributed by atoms with Gasteiger partial charge in [0, 0.05) is 5.69 Å². The third kappa shape index (κ3) is 2.88. The monoisotopic (exact) mass is 377 g/mol. The summed E-state index contributed by atoms with van der Waals surface area (Å²) >= 11 is 0. The van der Waals surface area contributed by atoms with E-state index in [1.807, 2.05) is 18.2 Å². The number of carbonyl (C=O) groups excluding carboxylic acids is 1. The molecular formula is C26H19NO2. The summed E-state index contributed by atoms with van der Waals surface area (Å²) in [4.78, 5) is 12.1. The summed E-state index contributed by atoms with van der Waals surface area (Å²) in [5.41, 5.74) is 2.16. The highest BCUT2D eigenvalue weighted by atomic mass is 16.5. The van der Waals surface area contributed by atoms with Gasteiger partial charge < -0.3 is 10.1 Å². The zero-order valence-electron chi connectivity index (χ0n) is 16.0. The molecule has 0 spiro atoms. The number of benzene rings is 5. The van der Waals surface area contributed by atoms with Gasteiger partial charge in [0.25, 0.3) is 0 Å². The minimum atomic E-state index is -0.356. The lowest BCUT2D eigenvalue weighted by Crippen LogP contribution is -2.05. The van der Waals surface area contributed by atoms with Crippen LogP contribution < -0.4 is 5.32 Å². The zero-order chi connectivity index (χ0) is 19.8. The van der Waals surface area contributed by atoms with Crippen LogP contribution in [0.25, 0.3) is 32.3 Å². The van der Waals surface area contributed by atoms with Crippen molar-refractivity contribution in [3.63, 3.8) is 0 Å². The molecule has 3 nitrogen and oxygen atoms in total. The van der Waals surface area contributed by atoms with E-state index < -0.39 is 0 Å². The van der Waals surface area contributed by atoms with E-state index >= 15 is 0 Å². The molecule has 0 aliphatic heterocycles. The second kappa shape index (κ2) is 6.95. The van der Waals surface area contributed by atoms with E-state index in [-0.39, 0.29) is 5.97 Å². The van der Waals surface area contributed by atoms with E-state index in [0.717, 1.165) is 11.4 Å². The number of rotatable bonds is 3. The Balaban J connectivity index is 1.72. The van der Waals surface area contributed by atoms with Crippen LogP contribution in [-0.4, -0.2) is 13.1 Å². The Morgan fingerprint density at radius 2 is 1.17 bits per heavy atom. The maximum Gasteiger partial charge on any atom is 0.339 e. The number of ether oxygens (including phenoxy) is 1. The van der Waals surface area contributed by atoms with E-state index in [4.69, 9.17) is 4.74 Å². The van der Waals surface area contributed by atoms with Gasteiger partial charge in [0.2, 0.25) is 0 Å². The normalized spacial score (nSPS) is 11.1. The van der Waals surface area contributed by atoms with E-state index in [1.54, 1.807) is 6.07 Å². The molecule has 0 heterocycles. The number of para-hydroxylation sites is 1. The van der Waals surface area contributed by atoms with Crippen LogP contribution in [0.5, 0.6) is 0 Å². The second-order valence-corrected chi connectivity index (χ2v) is 7.01. The van der Waals surface area contributed by atoms with Crippen molar-refractivity contribution in [1.29, 1.82) is 0 Å². The Bertz CT molecular complexity index is 1350. The molecule has 0 bridgehead atoms. The fourth-order valence-corrected chi connectivity index (χ4v) is 4.02. The molecular weight excluding hydrogens is 358 g/mol. The van der Waals surface area contributed by atoms with Crippen molar-refractivity contribution in [2.24, 2.45) is 0 Å². The number of esters is 1. The molecule has 0 atom stereocenters. The summed E-state index contributed by atoms with van der Waals surface area (Å²) < 4.78 is 4.91. The largest absolute Gasteiger partial charge is 0.465 e. The Hall–Kier alpha value is -3.85. The number of nitrogens with one attached hydrogen (secondary N) is 1. The molecule has 0 aliphatic rings. The summed E-state index contributed by atoms with van der Waals surface area (Å²) in [5.74, 6) is -0.356. The van der Waals surface area contributed by atoms with Gasteiger partial charge in [0.1, 0.15) is 0 Å². The fraction of sp³-hybridized carbons (Fsp3) is 0.0385. The molecule has 3 heteroatoms. The molecule has 0 aromatic heterocycles. The first-order chi connectivity index (χ1) is 14.3. The van der Waals surface area contributed by atoms with Crippen molar-refractivity contribution >= 4 is 49.7 Å². The molecule has 29 heavy (non-hydrogen) atoms. The molecule has 5 aromatic carbocycles. The number of fused-ring (bicyclic) bond motifs is 6. The lowest BCUT2D eigenvalue weighted by Gasteiger charge is -2.14. The van der Waals surface area contributed by atoms with Gasteiger partial charge >= 0.3 is 5.97 Å². The van der Waals surface area contributed by atoms with Crippen LogP contribution in [0.4, 0.5) is 11.4 Å². The minimum Gasteiger partial charge on any atom is -0.465 e. The molecule has 5 rings (SSSR count). The molecule has 140 valence electrons. The molecule has 1 N–H and O–H groups in total. The SMILES string of the molecule is COC(=O)c1ccccc1Nc1ccc2c3ccccc3c3ccccc3c2c1. The quantitative estimate of drug-likeness (QED) is 0.282. The van der Waals surface area contributed by atoms with Gasteiger partial charge in [-0.2, -0.15) is 0 Å². The van der Waals surface area contributed by atoms with Crippen molar-refractivity contribution in [1.82, 2.24) is 0 Å². The van der Waals surface area contributed by atoms with Gasteiger partial charge in [-0.15, -0.1) is 0 Å². The molecule has 0 saturated heterocycles. The van der Waals surface area contributed by atoms with Crippen molar-refractivity contribution in [3.8, 4) is 0 Å². The highest BCUT2D eigenvalue weighted by Crippen LogP contribution is 2.36. The van der Waals surface area contributed by atoms with Gasteiger partial charge in [-0.25, -0.2) is 4.79 Å². The van der Waals surface area contributed by atoms with Crippen molar-refractivity contribution in [2.45, 2.75) is 0 Å². The average Bonchev–Trinajstić information content (AvgIpc) is 2.79. The van der Waals surface area contributed by atoms with E-state index in [1.165, 1.54) is 39.4 Å². The van der Waals surface area contributed by atoms with Crippen LogP contribution in [0.15, 0.2) is 91.0 Å². The molecule has 0 radical (unpaired) electrons. The Kier molecular flexibility index (Phi) is 4.14. The molecule has 5 aromatic rings. The van der Waals surface area contributed by atoms with E-state index in [0.29, 0.717) is 5.56 Å². The molecule has 0 fully saturated rings. The van der Waals surface area contributed by atoms with Crippen LogP contribution in [0.2, 0.25) is 0 Å². The Morgan fingerprint density at radius 1 is 0.655 bits per heavy atom. The lowest BCUT2D eigenvalue weighted by atomic mass is 9.94. The predicted octanol–water partition coefficient (Wildman–Crippen LogP) is 6.68. The average molecular weight is 377 g/mol. The number of anilines is 2. The number of hydrogen-bond donors (Lipinski definition) is 1. The third-order valence-electron chi connectivity index (χ3n) is 5.36. The fourth-order valence-electron chi connectivity index (χ4n) is 4.02. The number of hydrogen-bond acceptors (Lipinski definition) is 3. The smallest absolute Gasteiger partial charge is 0.339 e. The highest BCUT2D eigenvalue weighted by Gasteiger charge is 2.12. The van der Waals surface area contributed by atoms with E-state index in [9.17, 15) is 4.79 Å². The predicted molar refractivity (Wildman–Crippen MR) is 120 cm³/mol. The zero-order valence-corrected chi connectivity index (χ0v) is 16.0. The van der Waals surface area contributed by atoms with Crippen LogP contribution in [-0.2, 0) is 4.74 Å². The third-order valence-corrected chi connectivity index (χ3v) is 5.36. The second-order valence-electron chi connectivity index (χ2n) is 7.01. The lowest BCUT2D eigenvalue weighted by molar-refractivity contribution is 0.0602. The van der Waals surface area contributed by atoms with Gasteiger partial charge in [-0.05, 0) is 56.6 Å². The number of carbonyl (C=O) groups is 1. The minimum absolute atomic E-state index is 0.356. The maximum atomic E-state index is 12.1. The molecule has 0 amide bonds. The summed E-state index contributed by atoms with van der Waals surface area (Å²) in [6.45, 7) is 0. The first-order valence-electron chi connectivity index (χ1n) is 9.54. The summed E-state index contributed by atoms with van der Waals surface area (Å²) in [7, 11) is 1.40. The highest BCUT2D eigenvalue weighted by molar-refractivity contribution is 6.25. The van der Waals surface area contributed by atoms with Crippen molar-refractivity contribution in [3.05, 3.63) is 96.6 Å². The van der Waals surface area contributed by atoms with Crippen LogP contribution in [0.3, 0.4) is 0 Å². The van der Waals surface area contributed by atoms with Crippen LogP contribution in [0, 0.1) is 0 Å². The molecule has 0 aliphatic carbocycles. The Labute approximate surface area is 168 Å². The summed E-state index contributed by atoms with van der Waals surface area (Å²) in [6, 6.07) is 30.7. The van der Waals surface area contributed by atoms with Crippen LogP contribution in [0.1, 0.15) is 10.4 Å². The van der Waals surface area contributed by atoms with Crippen molar-refractivity contribution < 1.29 is 9.53 Å². The van der Waals surface area contributed by atoms with Gasteiger partial charge in [-0.3, -0.25) is 0 Å². The number of methoxy groups -OCH3 is 1.